The SMILES string of the molecule is CC(C)(C)C[C@@H]1N[C@@H](C(=O)OC[C@@H](O)CC(N)=O)[C@H](c2cccc(Cl)c2)[C@@]1(C#N)c1ccc(Cl)nc1. The summed E-state index contributed by atoms with van der Waals surface area (Å²) in [7, 11) is 0. The molecule has 192 valence electrons. The van der Waals surface area contributed by atoms with Gasteiger partial charge in [-0.15, -0.1) is 0 Å². The van der Waals surface area contributed by atoms with Gasteiger partial charge in [0.15, 0.2) is 0 Å². The highest BCUT2D eigenvalue weighted by Gasteiger charge is 2.60. The minimum Gasteiger partial charge on any atom is -0.462 e. The number of ether oxygens (including phenoxy) is 1. The van der Waals surface area contributed by atoms with Gasteiger partial charge >= 0.3 is 5.97 Å². The van der Waals surface area contributed by atoms with E-state index >= 15 is 0 Å². The molecule has 0 radical (unpaired) electrons. The van der Waals surface area contributed by atoms with Gasteiger partial charge in [-0.1, -0.05) is 62.2 Å². The van der Waals surface area contributed by atoms with Crippen LogP contribution in [0.4, 0.5) is 0 Å². The Hall–Kier alpha value is -2.70. The lowest BCUT2D eigenvalue weighted by atomic mass is 9.63. The lowest BCUT2D eigenvalue weighted by Crippen LogP contribution is -2.44. The number of carbonyl (C=O) groups is 2. The number of carbonyl (C=O) groups excluding carboxylic acids is 2. The quantitative estimate of drug-likeness (QED) is 0.349. The molecule has 2 aromatic rings. The number of pyridine rings is 1. The Morgan fingerprint density at radius 1 is 1.31 bits per heavy atom. The molecular weight excluding hydrogens is 503 g/mol. The van der Waals surface area contributed by atoms with Crippen molar-refractivity contribution in [2.45, 2.75) is 63.1 Å². The first kappa shape index (κ1) is 27.9. The van der Waals surface area contributed by atoms with Crippen LogP contribution in [0, 0.1) is 16.7 Å². The van der Waals surface area contributed by atoms with Crippen molar-refractivity contribution in [3.8, 4) is 6.07 Å². The van der Waals surface area contributed by atoms with E-state index in [0.717, 1.165) is 0 Å². The van der Waals surface area contributed by atoms with Crippen molar-refractivity contribution in [2.75, 3.05) is 6.61 Å². The summed E-state index contributed by atoms with van der Waals surface area (Å²) in [6.07, 6.45) is 0.539. The largest absolute Gasteiger partial charge is 0.462 e. The highest BCUT2D eigenvalue weighted by molar-refractivity contribution is 6.30. The molecule has 3 rings (SSSR count). The van der Waals surface area contributed by atoms with Crippen LogP contribution in [-0.2, 0) is 19.7 Å². The van der Waals surface area contributed by atoms with E-state index in [1.165, 1.54) is 0 Å². The molecule has 0 spiro atoms. The van der Waals surface area contributed by atoms with E-state index in [9.17, 15) is 20.0 Å². The molecule has 10 heteroatoms. The van der Waals surface area contributed by atoms with Crippen LogP contribution in [0.25, 0.3) is 0 Å². The van der Waals surface area contributed by atoms with Crippen LogP contribution in [0.1, 0.15) is 50.7 Å². The van der Waals surface area contributed by atoms with Gasteiger partial charge in [-0.05, 0) is 41.2 Å². The Labute approximate surface area is 220 Å². The van der Waals surface area contributed by atoms with Crippen LogP contribution in [-0.4, -0.2) is 46.8 Å². The maximum absolute atomic E-state index is 13.4. The van der Waals surface area contributed by atoms with Crippen LogP contribution >= 0.6 is 23.2 Å². The molecule has 2 heterocycles. The zero-order valence-electron chi connectivity index (χ0n) is 20.4. The van der Waals surface area contributed by atoms with Crippen molar-refractivity contribution in [3.63, 3.8) is 0 Å². The summed E-state index contributed by atoms with van der Waals surface area (Å²) >= 11 is 12.4. The molecule has 1 aliphatic rings. The molecule has 0 unspecified atom stereocenters. The number of nitrogens with two attached hydrogens (primary N) is 1. The highest BCUT2D eigenvalue weighted by atomic mass is 35.5. The van der Waals surface area contributed by atoms with Crippen molar-refractivity contribution in [1.82, 2.24) is 10.3 Å². The molecule has 4 N–H and O–H groups in total. The van der Waals surface area contributed by atoms with Crippen molar-refractivity contribution < 1.29 is 19.4 Å². The Bertz CT molecular complexity index is 1150. The average Bonchev–Trinajstić information content (AvgIpc) is 3.11. The van der Waals surface area contributed by atoms with Crippen LogP contribution in [0.15, 0.2) is 42.6 Å². The maximum Gasteiger partial charge on any atom is 0.323 e. The molecule has 1 saturated heterocycles. The predicted molar refractivity (Wildman–Crippen MR) is 136 cm³/mol. The number of aromatic nitrogens is 1. The maximum atomic E-state index is 13.4. The number of benzene rings is 1. The fourth-order valence-corrected chi connectivity index (χ4v) is 5.20. The first-order chi connectivity index (χ1) is 16.9. The number of primary amides is 1. The number of rotatable bonds is 8. The van der Waals surface area contributed by atoms with Gasteiger partial charge in [0.25, 0.3) is 0 Å². The zero-order valence-corrected chi connectivity index (χ0v) is 21.9. The van der Waals surface area contributed by atoms with Gasteiger partial charge in [0.2, 0.25) is 5.91 Å². The van der Waals surface area contributed by atoms with Gasteiger partial charge < -0.3 is 15.6 Å². The summed E-state index contributed by atoms with van der Waals surface area (Å²) in [6.45, 7) is 5.75. The molecule has 0 bridgehead atoms. The van der Waals surface area contributed by atoms with Crippen LogP contribution < -0.4 is 11.1 Å². The second kappa shape index (κ2) is 11.1. The molecule has 8 nitrogen and oxygen atoms in total. The molecule has 1 aromatic heterocycles. The number of hydrogen-bond donors (Lipinski definition) is 3. The normalized spacial score (nSPS) is 24.6. The van der Waals surface area contributed by atoms with E-state index in [1.54, 1.807) is 36.5 Å². The Morgan fingerprint density at radius 3 is 2.58 bits per heavy atom. The number of aliphatic hydroxyl groups excluding tert-OH is 1. The topological polar surface area (TPSA) is 138 Å². The summed E-state index contributed by atoms with van der Waals surface area (Å²) in [5, 5.41) is 24.9. The molecule has 5 atom stereocenters. The van der Waals surface area contributed by atoms with E-state index < -0.39 is 48.0 Å². The summed E-state index contributed by atoms with van der Waals surface area (Å²) in [5.74, 6) is -2.09. The van der Waals surface area contributed by atoms with E-state index in [0.29, 0.717) is 22.6 Å². The van der Waals surface area contributed by atoms with Gasteiger partial charge in [-0.3, -0.25) is 14.9 Å². The fraction of sp³-hybridized carbons (Fsp3) is 0.462. The summed E-state index contributed by atoms with van der Waals surface area (Å²) < 4.78 is 5.40. The first-order valence-electron chi connectivity index (χ1n) is 11.5. The minimum atomic E-state index is -1.23. The van der Waals surface area contributed by atoms with E-state index in [1.807, 2.05) is 6.07 Å². The molecule has 36 heavy (non-hydrogen) atoms. The van der Waals surface area contributed by atoms with Gasteiger partial charge in [0.05, 0.1) is 18.6 Å². The van der Waals surface area contributed by atoms with Gasteiger partial charge in [-0.2, -0.15) is 5.26 Å². The third kappa shape index (κ3) is 6.16. The standard InChI is InChI=1S/C26H30Cl2N4O4/c1-25(2,3)11-19-26(14-29,16-7-8-20(28)31-12-16)22(15-5-4-6-17(27)9-15)23(32-19)24(35)36-13-18(33)10-21(30)34/h4-9,12,18-19,22-23,32-33H,10-11,13H2,1-3H3,(H2,30,34)/t18-,19-,22-,23+,26-/m0/s1. The predicted octanol–water partition coefficient (Wildman–Crippen LogP) is 3.49. The van der Waals surface area contributed by atoms with Crippen LogP contribution in [0.2, 0.25) is 10.2 Å². The van der Waals surface area contributed by atoms with E-state index in [4.69, 9.17) is 33.7 Å². The lowest BCUT2D eigenvalue weighted by molar-refractivity contribution is -0.150. The summed E-state index contributed by atoms with van der Waals surface area (Å²) in [6, 6.07) is 11.5. The second-order valence-electron chi connectivity index (χ2n) is 10.3. The Balaban J connectivity index is 2.13. The van der Waals surface area contributed by atoms with Crippen molar-refractivity contribution in [3.05, 3.63) is 63.9 Å². The number of nitriles is 1. The molecule has 0 aliphatic carbocycles. The first-order valence-corrected chi connectivity index (χ1v) is 12.3. The van der Waals surface area contributed by atoms with Crippen molar-refractivity contribution in [1.29, 1.82) is 5.26 Å². The number of halogens is 2. The minimum absolute atomic E-state index is 0.199. The van der Waals surface area contributed by atoms with E-state index in [2.05, 4.69) is 37.1 Å². The summed E-state index contributed by atoms with van der Waals surface area (Å²) in [5.41, 5.74) is 4.96. The number of nitrogens with zero attached hydrogens (tertiary/aromatic N) is 2. The van der Waals surface area contributed by atoms with Crippen molar-refractivity contribution >= 4 is 35.1 Å². The van der Waals surface area contributed by atoms with Crippen molar-refractivity contribution in [2.24, 2.45) is 11.1 Å². The monoisotopic (exact) mass is 532 g/mol. The molecule has 0 saturated carbocycles. The highest BCUT2D eigenvalue weighted by Crippen LogP contribution is 2.51. The Kier molecular flexibility index (Phi) is 8.63. The number of esters is 1. The smallest absolute Gasteiger partial charge is 0.323 e. The van der Waals surface area contributed by atoms with Crippen LogP contribution in [0.3, 0.4) is 0 Å². The zero-order chi connectivity index (χ0) is 26.7. The third-order valence-corrected chi connectivity index (χ3v) is 6.74. The number of aliphatic hydroxyl groups is 1. The fourth-order valence-electron chi connectivity index (χ4n) is 4.89. The molecular formula is C26H30Cl2N4O4. The number of amides is 1. The number of nitrogens with one attached hydrogen (secondary N) is 1. The van der Waals surface area contributed by atoms with Gasteiger partial charge in [0.1, 0.15) is 23.2 Å². The average molecular weight is 533 g/mol. The third-order valence-electron chi connectivity index (χ3n) is 6.28. The molecule has 1 fully saturated rings. The summed E-state index contributed by atoms with van der Waals surface area (Å²) in [4.78, 5) is 28.7. The molecule has 1 aliphatic heterocycles. The molecule has 1 aromatic carbocycles. The van der Waals surface area contributed by atoms with E-state index in [-0.39, 0.29) is 17.0 Å². The number of hydrogen-bond acceptors (Lipinski definition) is 7. The lowest BCUT2D eigenvalue weighted by Gasteiger charge is -2.37. The van der Waals surface area contributed by atoms with Gasteiger partial charge in [-0.25, -0.2) is 4.98 Å². The second-order valence-corrected chi connectivity index (χ2v) is 11.1. The van der Waals surface area contributed by atoms with Gasteiger partial charge in [0, 0.05) is 23.2 Å². The van der Waals surface area contributed by atoms with Crippen LogP contribution in [0.5, 0.6) is 0 Å². The molecule has 1 amide bonds. The Morgan fingerprint density at radius 2 is 2.03 bits per heavy atom.